The van der Waals surface area contributed by atoms with Crippen molar-refractivity contribution in [1.82, 2.24) is 10.3 Å². The minimum absolute atomic E-state index is 0.0850. The summed E-state index contributed by atoms with van der Waals surface area (Å²) >= 11 is 0. The normalized spacial score (nSPS) is 11.9. The number of nitrogens with one attached hydrogen (secondary N) is 1. The molecule has 1 heterocycles. The smallest absolute Gasteiger partial charge is 0.328 e. The Kier molecular flexibility index (Phi) is 6.08. The first-order chi connectivity index (χ1) is 11.5. The summed E-state index contributed by atoms with van der Waals surface area (Å²) < 4.78 is 10.5. The SMILES string of the molecule is COCC(NC(=O)CCc1nc(C)c(-c2ccccc2)o1)C(=O)O. The molecular weight excluding hydrogens is 312 g/mol. The fraction of sp³-hybridized carbons (Fsp3) is 0.353. The summed E-state index contributed by atoms with van der Waals surface area (Å²) in [5.41, 5.74) is 1.67. The fourth-order valence-corrected chi connectivity index (χ4v) is 2.24. The highest BCUT2D eigenvalue weighted by Crippen LogP contribution is 2.24. The lowest BCUT2D eigenvalue weighted by Crippen LogP contribution is -2.43. The summed E-state index contributed by atoms with van der Waals surface area (Å²) in [5, 5.41) is 11.4. The van der Waals surface area contributed by atoms with E-state index < -0.39 is 17.9 Å². The van der Waals surface area contributed by atoms with Crippen LogP contribution in [0.3, 0.4) is 0 Å². The van der Waals surface area contributed by atoms with Gasteiger partial charge in [-0.15, -0.1) is 0 Å². The number of aryl methyl sites for hydroxylation is 2. The predicted octanol–water partition coefficient (Wildman–Crippen LogP) is 1.80. The van der Waals surface area contributed by atoms with Crippen LogP contribution in [0.4, 0.5) is 0 Å². The third kappa shape index (κ3) is 4.66. The van der Waals surface area contributed by atoms with Crippen molar-refractivity contribution >= 4 is 11.9 Å². The first-order valence-corrected chi connectivity index (χ1v) is 7.54. The van der Waals surface area contributed by atoms with E-state index in [1.165, 1.54) is 7.11 Å². The standard InChI is InChI=1S/C17H20N2O5/c1-11-16(12-6-4-3-5-7-12)24-15(18-11)9-8-14(20)19-13(10-23-2)17(21)22/h3-7,13H,8-10H2,1-2H3,(H,19,20)(H,21,22). The molecule has 128 valence electrons. The molecule has 1 aromatic carbocycles. The number of methoxy groups -OCH3 is 1. The highest BCUT2D eigenvalue weighted by molar-refractivity contribution is 5.83. The Hall–Kier alpha value is -2.67. The van der Waals surface area contributed by atoms with Gasteiger partial charge in [-0.05, 0) is 6.92 Å². The van der Waals surface area contributed by atoms with Crippen molar-refractivity contribution in [3.8, 4) is 11.3 Å². The van der Waals surface area contributed by atoms with Gasteiger partial charge in [0.15, 0.2) is 17.7 Å². The lowest BCUT2D eigenvalue weighted by molar-refractivity contribution is -0.143. The number of oxazole rings is 1. The van der Waals surface area contributed by atoms with Crippen molar-refractivity contribution in [2.45, 2.75) is 25.8 Å². The first-order valence-electron chi connectivity index (χ1n) is 7.54. The third-order valence-corrected chi connectivity index (χ3v) is 3.41. The number of carboxylic acids is 1. The van der Waals surface area contributed by atoms with E-state index >= 15 is 0 Å². The second kappa shape index (κ2) is 8.26. The van der Waals surface area contributed by atoms with Gasteiger partial charge in [0.25, 0.3) is 0 Å². The topological polar surface area (TPSA) is 102 Å². The molecule has 0 aliphatic rings. The molecule has 0 fully saturated rings. The summed E-state index contributed by atoms with van der Waals surface area (Å²) in [5.74, 6) is -0.408. The van der Waals surface area contributed by atoms with Crippen LogP contribution < -0.4 is 5.32 Å². The van der Waals surface area contributed by atoms with Gasteiger partial charge in [0, 0.05) is 25.5 Å². The maximum atomic E-state index is 11.9. The zero-order valence-corrected chi connectivity index (χ0v) is 13.6. The van der Waals surface area contributed by atoms with Crippen molar-refractivity contribution in [3.05, 3.63) is 41.9 Å². The van der Waals surface area contributed by atoms with Crippen LogP contribution in [-0.4, -0.2) is 41.7 Å². The van der Waals surface area contributed by atoms with Crippen molar-refractivity contribution < 1.29 is 23.8 Å². The second-order valence-corrected chi connectivity index (χ2v) is 5.30. The molecule has 0 aliphatic heterocycles. The number of carbonyl (C=O) groups excluding carboxylic acids is 1. The van der Waals surface area contributed by atoms with E-state index in [4.69, 9.17) is 14.3 Å². The molecule has 0 spiro atoms. The maximum Gasteiger partial charge on any atom is 0.328 e. The molecule has 2 aromatic rings. The number of aliphatic carboxylic acids is 1. The van der Waals surface area contributed by atoms with Crippen LogP contribution in [0.15, 0.2) is 34.7 Å². The van der Waals surface area contributed by atoms with Crippen LogP contribution >= 0.6 is 0 Å². The molecule has 0 aliphatic carbocycles. The van der Waals surface area contributed by atoms with E-state index in [1.807, 2.05) is 37.3 Å². The quantitative estimate of drug-likeness (QED) is 0.764. The summed E-state index contributed by atoms with van der Waals surface area (Å²) in [7, 11) is 1.38. The number of aromatic nitrogens is 1. The minimum atomic E-state index is -1.14. The number of rotatable bonds is 8. The summed E-state index contributed by atoms with van der Waals surface area (Å²) in [6.45, 7) is 1.76. The van der Waals surface area contributed by atoms with Gasteiger partial charge in [0.05, 0.1) is 12.3 Å². The molecule has 2 rings (SSSR count). The molecule has 7 heteroatoms. The van der Waals surface area contributed by atoms with E-state index in [1.54, 1.807) is 0 Å². The number of carbonyl (C=O) groups is 2. The van der Waals surface area contributed by atoms with E-state index in [9.17, 15) is 9.59 Å². The van der Waals surface area contributed by atoms with E-state index in [0.717, 1.165) is 11.3 Å². The van der Waals surface area contributed by atoms with Gasteiger partial charge in [-0.3, -0.25) is 4.79 Å². The third-order valence-electron chi connectivity index (χ3n) is 3.41. The van der Waals surface area contributed by atoms with E-state index in [2.05, 4.69) is 10.3 Å². The summed E-state index contributed by atoms with van der Waals surface area (Å²) in [4.78, 5) is 27.2. The molecule has 1 atom stereocenters. The van der Waals surface area contributed by atoms with Crippen LogP contribution in [0, 0.1) is 6.92 Å². The number of amides is 1. The lowest BCUT2D eigenvalue weighted by atomic mass is 10.1. The van der Waals surface area contributed by atoms with Crippen LogP contribution in [0.1, 0.15) is 18.0 Å². The Balaban J connectivity index is 1.95. The molecule has 7 nitrogen and oxygen atoms in total. The van der Waals surface area contributed by atoms with Gasteiger partial charge in [-0.25, -0.2) is 9.78 Å². The van der Waals surface area contributed by atoms with Crippen molar-refractivity contribution in [2.75, 3.05) is 13.7 Å². The number of nitrogens with zero attached hydrogens (tertiary/aromatic N) is 1. The maximum absolute atomic E-state index is 11.9. The van der Waals surface area contributed by atoms with Crippen molar-refractivity contribution in [3.63, 3.8) is 0 Å². The molecule has 0 saturated carbocycles. The van der Waals surface area contributed by atoms with E-state index in [0.29, 0.717) is 18.1 Å². The number of hydrogen-bond acceptors (Lipinski definition) is 5. The Bertz CT molecular complexity index is 696. The lowest BCUT2D eigenvalue weighted by Gasteiger charge is -2.12. The fourth-order valence-electron chi connectivity index (χ4n) is 2.24. The number of carboxylic acid groups (broad SMARTS) is 1. The van der Waals surface area contributed by atoms with Crippen LogP contribution in [0.5, 0.6) is 0 Å². The van der Waals surface area contributed by atoms with Crippen LogP contribution in [0.2, 0.25) is 0 Å². The second-order valence-electron chi connectivity index (χ2n) is 5.30. The molecule has 0 bridgehead atoms. The largest absolute Gasteiger partial charge is 0.480 e. The predicted molar refractivity (Wildman–Crippen MR) is 86.4 cm³/mol. The van der Waals surface area contributed by atoms with Gasteiger partial charge < -0.3 is 19.6 Å². The van der Waals surface area contributed by atoms with Gasteiger partial charge in [0.2, 0.25) is 5.91 Å². The molecule has 2 N–H and O–H groups in total. The average molecular weight is 332 g/mol. The van der Waals surface area contributed by atoms with Gasteiger partial charge >= 0.3 is 5.97 Å². The monoisotopic (exact) mass is 332 g/mol. The minimum Gasteiger partial charge on any atom is -0.480 e. The number of hydrogen-bond donors (Lipinski definition) is 2. The average Bonchev–Trinajstić information content (AvgIpc) is 2.94. The van der Waals surface area contributed by atoms with E-state index in [-0.39, 0.29) is 13.0 Å². The highest BCUT2D eigenvalue weighted by Gasteiger charge is 2.20. The van der Waals surface area contributed by atoms with Crippen molar-refractivity contribution in [2.24, 2.45) is 0 Å². The molecule has 1 unspecified atom stereocenters. The van der Waals surface area contributed by atoms with Crippen LogP contribution in [-0.2, 0) is 20.7 Å². The molecular formula is C17H20N2O5. The summed E-state index contributed by atoms with van der Waals surface area (Å²) in [6.07, 6.45) is 0.376. The number of benzene rings is 1. The molecule has 24 heavy (non-hydrogen) atoms. The van der Waals surface area contributed by atoms with Crippen molar-refractivity contribution in [1.29, 1.82) is 0 Å². The van der Waals surface area contributed by atoms with Gasteiger partial charge in [-0.1, -0.05) is 30.3 Å². The molecule has 0 saturated heterocycles. The molecule has 1 amide bonds. The Morgan fingerprint density at radius 3 is 2.67 bits per heavy atom. The Morgan fingerprint density at radius 2 is 2.04 bits per heavy atom. The van der Waals surface area contributed by atoms with Gasteiger partial charge in [0.1, 0.15) is 0 Å². The molecule has 0 radical (unpaired) electrons. The zero-order valence-electron chi connectivity index (χ0n) is 13.6. The highest BCUT2D eigenvalue weighted by atomic mass is 16.5. The Labute approximate surface area is 139 Å². The Morgan fingerprint density at radius 1 is 1.33 bits per heavy atom. The number of ether oxygens (including phenoxy) is 1. The van der Waals surface area contributed by atoms with Crippen LogP contribution in [0.25, 0.3) is 11.3 Å². The van der Waals surface area contributed by atoms with Gasteiger partial charge in [-0.2, -0.15) is 0 Å². The first kappa shape index (κ1) is 17.7. The zero-order chi connectivity index (χ0) is 17.5. The molecule has 1 aromatic heterocycles. The summed E-state index contributed by atoms with van der Waals surface area (Å²) in [6, 6.07) is 8.52.